The molecule has 74 valence electrons. The first-order valence-electron chi connectivity index (χ1n) is 4.07. The lowest BCUT2D eigenvalue weighted by atomic mass is 10.2. The van der Waals surface area contributed by atoms with Crippen molar-refractivity contribution >= 4 is 10.0 Å². The number of rotatable bonds is 3. The Morgan fingerprint density at radius 2 is 2.15 bits per heavy atom. The van der Waals surface area contributed by atoms with Crippen molar-refractivity contribution in [2.45, 2.75) is 18.2 Å². The second-order valence-electron chi connectivity index (χ2n) is 3.14. The molecule has 6 heteroatoms. The van der Waals surface area contributed by atoms with Gasteiger partial charge in [0.2, 0.25) is 10.0 Å². The smallest absolute Gasteiger partial charge is 0.230 e. The third-order valence-electron chi connectivity index (χ3n) is 2.30. The summed E-state index contributed by atoms with van der Waals surface area (Å²) in [5.41, 5.74) is 0. The molecular formula is C7H13N3O2S. The minimum absolute atomic E-state index is 0.0146. The average Bonchev–Trinajstić information content (AvgIpc) is 1.99. The van der Waals surface area contributed by atoms with Crippen LogP contribution in [-0.2, 0) is 10.0 Å². The van der Waals surface area contributed by atoms with Crippen LogP contribution in [0.15, 0.2) is 0 Å². The maximum Gasteiger partial charge on any atom is 0.230 e. The molecule has 0 aromatic rings. The van der Waals surface area contributed by atoms with E-state index >= 15 is 0 Å². The Bertz CT molecular complexity index is 315. The van der Waals surface area contributed by atoms with Gasteiger partial charge in [0.1, 0.15) is 0 Å². The van der Waals surface area contributed by atoms with Gasteiger partial charge in [0.05, 0.1) is 6.07 Å². The molecule has 1 aliphatic rings. The highest BCUT2D eigenvalue weighted by Crippen LogP contribution is 2.12. The molecule has 1 aliphatic heterocycles. The fraction of sp³-hybridized carbons (Fsp3) is 0.857. The van der Waals surface area contributed by atoms with Crippen LogP contribution in [0.25, 0.3) is 0 Å². The van der Waals surface area contributed by atoms with Crippen molar-refractivity contribution in [2.75, 3.05) is 20.1 Å². The van der Waals surface area contributed by atoms with Gasteiger partial charge >= 0.3 is 0 Å². The summed E-state index contributed by atoms with van der Waals surface area (Å²) < 4.78 is 24.4. The van der Waals surface area contributed by atoms with E-state index in [1.807, 2.05) is 0 Å². The van der Waals surface area contributed by atoms with Crippen LogP contribution in [0.5, 0.6) is 0 Å². The van der Waals surface area contributed by atoms with E-state index in [4.69, 9.17) is 5.26 Å². The first kappa shape index (κ1) is 10.4. The molecule has 0 bridgehead atoms. The molecular weight excluding hydrogens is 190 g/mol. The topological polar surface area (TPSA) is 73.2 Å². The summed E-state index contributed by atoms with van der Waals surface area (Å²) in [5, 5.41) is 10.5. The number of nitrogens with one attached hydrogen (secondary N) is 1. The van der Waals surface area contributed by atoms with Crippen LogP contribution < -0.4 is 5.32 Å². The number of nitrogens with zero attached hydrogens (tertiary/aromatic N) is 2. The van der Waals surface area contributed by atoms with Crippen molar-refractivity contribution in [3.05, 3.63) is 0 Å². The molecule has 0 spiro atoms. The molecule has 0 aliphatic carbocycles. The van der Waals surface area contributed by atoms with Gasteiger partial charge in [-0.1, -0.05) is 0 Å². The SMILES string of the molecule is CC(C#N)S(=O)(=O)N(C)C1CNC1. The summed E-state index contributed by atoms with van der Waals surface area (Å²) >= 11 is 0. The quantitative estimate of drug-likeness (QED) is 0.647. The van der Waals surface area contributed by atoms with Gasteiger partial charge in [0.15, 0.2) is 5.25 Å². The zero-order valence-corrected chi connectivity index (χ0v) is 8.50. The average molecular weight is 203 g/mol. The van der Waals surface area contributed by atoms with Crippen LogP contribution in [0.4, 0.5) is 0 Å². The van der Waals surface area contributed by atoms with Crippen molar-refractivity contribution in [2.24, 2.45) is 0 Å². The highest BCUT2D eigenvalue weighted by molar-refractivity contribution is 7.89. The van der Waals surface area contributed by atoms with Crippen LogP contribution >= 0.6 is 0 Å². The van der Waals surface area contributed by atoms with Crippen LogP contribution in [-0.4, -0.2) is 44.2 Å². The Kier molecular flexibility index (Phi) is 2.91. The van der Waals surface area contributed by atoms with E-state index in [0.29, 0.717) is 13.1 Å². The highest BCUT2D eigenvalue weighted by atomic mass is 32.2. The van der Waals surface area contributed by atoms with Crippen molar-refractivity contribution < 1.29 is 8.42 Å². The fourth-order valence-electron chi connectivity index (χ4n) is 1.05. The monoisotopic (exact) mass is 203 g/mol. The fourth-order valence-corrected chi connectivity index (χ4v) is 2.25. The van der Waals surface area contributed by atoms with Crippen LogP contribution in [0.1, 0.15) is 6.92 Å². The number of likely N-dealkylation sites (N-methyl/N-ethyl adjacent to an activating group) is 1. The summed E-state index contributed by atoms with van der Waals surface area (Å²) in [5.74, 6) is 0. The van der Waals surface area contributed by atoms with E-state index in [0.717, 1.165) is 0 Å². The van der Waals surface area contributed by atoms with Crippen LogP contribution in [0.2, 0.25) is 0 Å². The normalized spacial score (nSPS) is 20.8. The number of hydrogen-bond donors (Lipinski definition) is 1. The maximum absolute atomic E-state index is 11.6. The van der Waals surface area contributed by atoms with Gasteiger partial charge in [-0.05, 0) is 6.92 Å². The van der Waals surface area contributed by atoms with Gasteiger partial charge in [0.25, 0.3) is 0 Å². The summed E-state index contributed by atoms with van der Waals surface area (Å²) in [7, 11) is -1.89. The molecule has 0 aromatic carbocycles. The molecule has 0 saturated carbocycles. The molecule has 1 rings (SSSR count). The minimum atomic E-state index is -3.42. The molecule has 0 radical (unpaired) electrons. The Hall–Kier alpha value is -0.640. The molecule has 0 aromatic heterocycles. The van der Waals surface area contributed by atoms with Gasteiger partial charge in [-0.3, -0.25) is 0 Å². The zero-order valence-electron chi connectivity index (χ0n) is 7.69. The third-order valence-corrected chi connectivity index (χ3v) is 4.40. The van der Waals surface area contributed by atoms with E-state index in [-0.39, 0.29) is 6.04 Å². The van der Waals surface area contributed by atoms with E-state index < -0.39 is 15.3 Å². The third kappa shape index (κ3) is 1.82. The Labute approximate surface area is 78.4 Å². The molecule has 13 heavy (non-hydrogen) atoms. The molecule has 1 unspecified atom stereocenters. The number of sulfonamides is 1. The lowest BCUT2D eigenvalue weighted by Gasteiger charge is -2.35. The van der Waals surface area contributed by atoms with Gasteiger partial charge in [-0.15, -0.1) is 0 Å². The first-order chi connectivity index (χ1) is 6.00. The Balaban J connectivity index is 2.75. The van der Waals surface area contributed by atoms with Gasteiger partial charge in [-0.25, -0.2) is 8.42 Å². The van der Waals surface area contributed by atoms with Crippen molar-refractivity contribution in [1.82, 2.24) is 9.62 Å². The molecule has 1 saturated heterocycles. The van der Waals surface area contributed by atoms with Crippen LogP contribution in [0.3, 0.4) is 0 Å². The van der Waals surface area contributed by atoms with E-state index in [1.165, 1.54) is 18.3 Å². The molecule has 0 amide bonds. The van der Waals surface area contributed by atoms with Crippen molar-refractivity contribution in [3.8, 4) is 6.07 Å². The molecule has 1 atom stereocenters. The minimum Gasteiger partial charge on any atom is -0.313 e. The number of nitriles is 1. The van der Waals surface area contributed by atoms with Crippen LogP contribution in [0, 0.1) is 11.3 Å². The highest BCUT2D eigenvalue weighted by Gasteiger charge is 2.33. The second-order valence-corrected chi connectivity index (χ2v) is 5.46. The van der Waals surface area contributed by atoms with E-state index in [1.54, 1.807) is 6.07 Å². The van der Waals surface area contributed by atoms with E-state index in [2.05, 4.69) is 5.32 Å². The Morgan fingerprint density at radius 3 is 2.46 bits per heavy atom. The summed E-state index contributed by atoms with van der Waals surface area (Å²) in [6.07, 6.45) is 0. The molecule has 5 nitrogen and oxygen atoms in total. The molecule has 1 N–H and O–H groups in total. The maximum atomic E-state index is 11.6. The standard InChI is InChI=1S/C7H13N3O2S/c1-6(3-8)13(11,12)10(2)7-4-9-5-7/h6-7,9H,4-5H2,1-2H3. The largest absolute Gasteiger partial charge is 0.313 e. The lowest BCUT2D eigenvalue weighted by molar-refractivity contribution is 0.273. The first-order valence-corrected chi connectivity index (χ1v) is 5.57. The van der Waals surface area contributed by atoms with E-state index in [9.17, 15) is 8.42 Å². The number of hydrogen-bond acceptors (Lipinski definition) is 4. The lowest BCUT2D eigenvalue weighted by Crippen LogP contribution is -2.58. The second kappa shape index (κ2) is 3.62. The Morgan fingerprint density at radius 1 is 1.62 bits per heavy atom. The molecule has 1 fully saturated rings. The molecule has 1 heterocycles. The summed E-state index contributed by atoms with van der Waals surface area (Å²) in [6, 6.07) is 1.75. The van der Waals surface area contributed by atoms with Crippen molar-refractivity contribution in [3.63, 3.8) is 0 Å². The predicted molar refractivity (Wildman–Crippen MR) is 48.4 cm³/mol. The summed E-state index contributed by atoms with van der Waals surface area (Å²) in [6.45, 7) is 2.75. The zero-order chi connectivity index (χ0) is 10.1. The van der Waals surface area contributed by atoms with Gasteiger partial charge in [-0.2, -0.15) is 9.57 Å². The van der Waals surface area contributed by atoms with Crippen molar-refractivity contribution in [1.29, 1.82) is 5.26 Å². The van der Waals surface area contributed by atoms with Gasteiger partial charge in [0, 0.05) is 26.2 Å². The predicted octanol–water partition coefficient (Wildman–Crippen LogP) is -0.868. The van der Waals surface area contributed by atoms with Gasteiger partial charge < -0.3 is 5.32 Å². The summed E-state index contributed by atoms with van der Waals surface area (Å²) in [4.78, 5) is 0.